The highest BCUT2D eigenvalue weighted by molar-refractivity contribution is 6.08. The van der Waals surface area contributed by atoms with Gasteiger partial charge in [-0.2, -0.15) is 28.5 Å². The van der Waals surface area contributed by atoms with Crippen molar-refractivity contribution in [2.45, 2.75) is 131 Å². The Morgan fingerprint density at radius 3 is 1.22 bits per heavy atom. The first-order valence-corrected chi connectivity index (χ1v) is 23.8. The number of hydrogen-bond donors (Lipinski definition) is 0. The lowest BCUT2D eigenvalue weighted by molar-refractivity contribution is -0.939. The van der Waals surface area contributed by atoms with Crippen molar-refractivity contribution >= 4 is 46.7 Å². The smallest absolute Gasteiger partial charge is 0.320 e. The molecular formula is C48H72N8O8+4. The van der Waals surface area contributed by atoms with Gasteiger partial charge in [0.15, 0.2) is 0 Å². The van der Waals surface area contributed by atoms with Crippen molar-refractivity contribution in [3.63, 3.8) is 0 Å². The Hall–Kier alpha value is -5.22. The maximum atomic E-state index is 13.8. The Labute approximate surface area is 378 Å². The molecule has 1 saturated heterocycles. The van der Waals surface area contributed by atoms with E-state index >= 15 is 0 Å². The number of hydrogen-bond acceptors (Lipinski definition) is 8. The first-order valence-electron chi connectivity index (χ1n) is 23.8. The van der Waals surface area contributed by atoms with Crippen LogP contribution in [0.2, 0.25) is 0 Å². The van der Waals surface area contributed by atoms with Crippen LogP contribution >= 0.6 is 0 Å². The van der Waals surface area contributed by atoms with Crippen LogP contribution < -0.4 is 0 Å². The van der Waals surface area contributed by atoms with Gasteiger partial charge in [-0.25, -0.2) is 9.59 Å². The van der Waals surface area contributed by atoms with Crippen LogP contribution in [0, 0.1) is 20.2 Å². The predicted molar refractivity (Wildman–Crippen MR) is 245 cm³/mol. The van der Waals surface area contributed by atoms with E-state index < -0.39 is 0 Å². The van der Waals surface area contributed by atoms with Crippen molar-refractivity contribution in [3.05, 3.63) is 79.9 Å². The summed E-state index contributed by atoms with van der Waals surface area (Å²) in [5.74, 6) is -0.357. The number of nitro benzene ring substituents is 2. The molecule has 3 heterocycles. The molecule has 0 N–H and O–H groups in total. The summed E-state index contributed by atoms with van der Waals surface area (Å²) in [5.41, 5.74) is 3.17. The van der Waals surface area contributed by atoms with Crippen molar-refractivity contribution in [1.29, 1.82) is 0 Å². The van der Waals surface area contributed by atoms with Crippen LogP contribution in [0.5, 0.6) is 0 Å². The second-order valence-corrected chi connectivity index (χ2v) is 18.3. The fourth-order valence-electron chi connectivity index (χ4n) is 10.0. The zero-order valence-electron chi connectivity index (χ0n) is 38.8. The molecule has 0 aliphatic carbocycles. The standard InChI is InChI=1S/C48H72N8O8/c1-5-55(37-41-23-11-13-25-43(41)53(61)62)31-19-7-15-27-49-39(3)35-45(57)51(47(49)59)29-17-9-21-33-56(6-2,38-42-24-12-14-26-44(42)54(63)64)34-22-10-18-30-52-46(58)36-40(4)50(48(52)60)28-16-8-20-32-55/h11-14,23-26H,5-10,15-22,27-38H2,1-4H3/q+4. The Balaban J connectivity index is 1.34. The van der Waals surface area contributed by atoms with Gasteiger partial charge in [0.25, 0.3) is 11.4 Å². The molecule has 348 valence electrons. The number of para-hydroxylation sites is 2. The van der Waals surface area contributed by atoms with Gasteiger partial charge in [-0.05, 0) is 117 Å². The van der Waals surface area contributed by atoms with Gasteiger partial charge in [0.05, 0.1) is 97.8 Å². The lowest BCUT2D eigenvalue weighted by Crippen LogP contribution is -2.50. The van der Waals surface area contributed by atoms with Gasteiger partial charge >= 0.3 is 23.9 Å². The monoisotopic (exact) mass is 889 g/mol. The molecule has 1 fully saturated rings. The van der Waals surface area contributed by atoms with Crippen molar-refractivity contribution in [1.82, 2.24) is 9.80 Å². The van der Waals surface area contributed by atoms with E-state index in [-0.39, 0.29) is 57.9 Å². The lowest BCUT2D eigenvalue weighted by atomic mass is 10.1. The maximum Gasteiger partial charge on any atom is 0.500 e. The van der Waals surface area contributed by atoms with Gasteiger partial charge in [0.2, 0.25) is 0 Å². The fraction of sp³-hybridized carbons (Fsp3) is 0.625. The third-order valence-corrected chi connectivity index (χ3v) is 14.0. The van der Waals surface area contributed by atoms with Crippen LogP contribution in [0.3, 0.4) is 0 Å². The third-order valence-electron chi connectivity index (χ3n) is 14.0. The molecule has 16 heteroatoms. The van der Waals surface area contributed by atoms with Crippen molar-refractivity contribution in [2.24, 2.45) is 0 Å². The SMILES string of the molecule is CC[N+]1(Cc2ccccc2[N+](=O)[O-])CCCCCN2C(=O)CC(C)=[N+](CCCCC[N+](CC)(Cc3ccccc3[N+](=O)[O-])CCCCC[N+]3=C(C)CC(=O)N(CCCCC1)C3=O)C2=O. The van der Waals surface area contributed by atoms with E-state index in [1.807, 2.05) is 38.1 Å². The Morgan fingerprint density at radius 1 is 0.531 bits per heavy atom. The zero-order valence-corrected chi connectivity index (χ0v) is 38.8. The van der Waals surface area contributed by atoms with Gasteiger partial charge < -0.3 is 8.97 Å². The van der Waals surface area contributed by atoms with Gasteiger partial charge in [-0.1, -0.05) is 24.3 Å². The normalized spacial score (nSPS) is 23.8. The molecule has 6 amide bonds. The number of carbonyl (C=O) groups excluding carboxylic acids is 4. The summed E-state index contributed by atoms with van der Waals surface area (Å²) in [6.45, 7) is 15.5. The molecule has 0 radical (unpaired) electrons. The lowest BCUT2D eigenvalue weighted by Gasteiger charge is -2.38. The Bertz CT molecular complexity index is 2000. The number of benzene rings is 2. The molecule has 16 nitrogen and oxygen atoms in total. The number of nitro groups is 2. The van der Waals surface area contributed by atoms with Crippen LogP contribution in [0.4, 0.5) is 21.0 Å². The van der Waals surface area contributed by atoms with Crippen LogP contribution in [0.15, 0.2) is 48.5 Å². The first-order chi connectivity index (χ1) is 30.7. The van der Waals surface area contributed by atoms with Gasteiger partial charge in [-0.15, -0.1) is 0 Å². The van der Waals surface area contributed by atoms with Crippen LogP contribution in [-0.4, -0.2) is 139 Å². The largest absolute Gasteiger partial charge is 0.500 e. The summed E-state index contributed by atoms with van der Waals surface area (Å²) in [6.07, 6.45) is 9.89. The van der Waals surface area contributed by atoms with E-state index in [0.29, 0.717) is 72.2 Å². The number of quaternary nitrogens is 2. The highest BCUT2D eigenvalue weighted by Gasteiger charge is 2.41. The second kappa shape index (κ2) is 23.6. The van der Waals surface area contributed by atoms with E-state index in [1.54, 1.807) is 33.4 Å². The summed E-state index contributed by atoms with van der Waals surface area (Å²) in [6, 6.07) is 13.4. The van der Waals surface area contributed by atoms with Gasteiger partial charge in [-0.3, -0.25) is 20.2 Å². The van der Waals surface area contributed by atoms with E-state index in [4.69, 9.17) is 0 Å². The van der Waals surface area contributed by atoms with Crippen LogP contribution in [0.25, 0.3) is 0 Å². The molecule has 3 aliphatic rings. The summed E-state index contributed by atoms with van der Waals surface area (Å²) >= 11 is 0. The van der Waals surface area contributed by atoms with E-state index in [1.165, 1.54) is 9.80 Å². The van der Waals surface area contributed by atoms with Gasteiger partial charge in [0, 0.05) is 12.1 Å². The number of nitrogens with zero attached hydrogens (tertiary/aromatic N) is 8. The van der Waals surface area contributed by atoms with Crippen molar-refractivity contribution in [2.75, 3.05) is 65.4 Å². The number of rotatable bonds is 8. The number of imide groups is 2. The second-order valence-electron chi connectivity index (χ2n) is 18.3. The summed E-state index contributed by atoms with van der Waals surface area (Å²) in [4.78, 5) is 80.2. The highest BCUT2D eigenvalue weighted by atomic mass is 16.6. The molecule has 4 bridgehead atoms. The molecule has 0 saturated carbocycles. The molecule has 3 aliphatic heterocycles. The molecule has 5 rings (SSSR count). The van der Waals surface area contributed by atoms with Crippen LogP contribution in [-0.2, 0) is 22.7 Å². The van der Waals surface area contributed by atoms with Crippen molar-refractivity contribution < 1.29 is 47.1 Å². The minimum absolute atomic E-state index is 0.109. The number of carbonyl (C=O) groups is 4. The Morgan fingerprint density at radius 2 is 0.875 bits per heavy atom. The zero-order chi connectivity index (χ0) is 46.3. The third kappa shape index (κ3) is 13.0. The average molecular weight is 889 g/mol. The molecule has 0 atom stereocenters. The summed E-state index contributed by atoms with van der Waals surface area (Å²) in [7, 11) is 0. The van der Waals surface area contributed by atoms with Crippen molar-refractivity contribution in [3.8, 4) is 0 Å². The van der Waals surface area contributed by atoms with Gasteiger partial charge in [0.1, 0.15) is 25.9 Å². The topological polar surface area (TPSA) is 167 Å². The molecule has 2 aromatic rings. The molecule has 64 heavy (non-hydrogen) atoms. The predicted octanol–water partition coefficient (Wildman–Crippen LogP) is 8.22. The average Bonchev–Trinajstić information content (AvgIpc) is 3.26. The molecule has 2 aromatic carbocycles. The molecule has 0 spiro atoms. The first kappa shape index (κ1) is 49.8. The maximum absolute atomic E-state index is 13.8. The number of urea groups is 2. The quantitative estimate of drug-likeness (QED) is 0.111. The molecule has 0 aromatic heterocycles. The van der Waals surface area contributed by atoms with E-state index in [2.05, 4.69) is 13.8 Å². The van der Waals surface area contributed by atoms with E-state index in [9.17, 15) is 39.4 Å². The van der Waals surface area contributed by atoms with E-state index in [0.717, 1.165) is 115 Å². The summed E-state index contributed by atoms with van der Waals surface area (Å²) < 4.78 is 4.85. The highest BCUT2D eigenvalue weighted by Crippen LogP contribution is 2.28. The van der Waals surface area contributed by atoms with Crippen LogP contribution in [0.1, 0.15) is 129 Å². The fourth-order valence-corrected chi connectivity index (χ4v) is 10.0. The number of fused-ring (bicyclic) bond motifs is 4. The minimum atomic E-state index is -0.320. The number of amides is 6. The Kier molecular flexibility index (Phi) is 18.4. The molecular weight excluding hydrogens is 817 g/mol. The summed E-state index contributed by atoms with van der Waals surface area (Å²) in [5, 5.41) is 24.1. The molecule has 0 unspecified atom stereocenters. The minimum Gasteiger partial charge on any atom is -0.320 e.